The van der Waals surface area contributed by atoms with Crippen molar-refractivity contribution in [2.24, 2.45) is 0 Å². The van der Waals surface area contributed by atoms with Gasteiger partial charge in [0.25, 0.3) is 11.8 Å². The van der Waals surface area contributed by atoms with Crippen LogP contribution in [0.5, 0.6) is 5.75 Å². The van der Waals surface area contributed by atoms with Crippen molar-refractivity contribution in [2.45, 2.75) is 6.92 Å². The summed E-state index contributed by atoms with van der Waals surface area (Å²) in [6.45, 7) is 2.27. The van der Waals surface area contributed by atoms with Gasteiger partial charge < -0.3 is 19.8 Å². The Morgan fingerprint density at radius 2 is 1.61 bits per heavy atom. The number of para-hydroxylation sites is 3. The second-order valence-corrected chi connectivity index (χ2v) is 6.62. The van der Waals surface area contributed by atoms with Gasteiger partial charge in [0.15, 0.2) is 0 Å². The molecule has 0 aliphatic heterocycles. The van der Waals surface area contributed by atoms with E-state index in [1.165, 1.54) is 18.2 Å². The number of ether oxygens (including phenoxy) is 1. The number of furan rings is 1. The summed E-state index contributed by atoms with van der Waals surface area (Å²) in [5.74, 6) is -1.52. The number of benzene rings is 3. The van der Waals surface area contributed by atoms with Crippen LogP contribution >= 0.6 is 0 Å². The molecule has 31 heavy (non-hydrogen) atoms. The molecule has 0 atom stereocenters. The zero-order valence-corrected chi connectivity index (χ0v) is 16.6. The Morgan fingerprint density at radius 1 is 0.903 bits per heavy atom. The molecule has 0 spiro atoms. The van der Waals surface area contributed by atoms with Crippen molar-refractivity contribution in [1.29, 1.82) is 0 Å². The lowest BCUT2D eigenvalue weighted by atomic mass is 10.1. The molecule has 0 saturated carbocycles. The van der Waals surface area contributed by atoms with E-state index in [1.807, 2.05) is 6.92 Å². The minimum atomic E-state index is -0.687. The molecule has 156 valence electrons. The molecule has 1 heterocycles. The van der Waals surface area contributed by atoms with E-state index in [-0.39, 0.29) is 17.0 Å². The second kappa shape index (κ2) is 8.71. The molecule has 0 aliphatic carbocycles. The molecule has 1 aromatic heterocycles. The van der Waals surface area contributed by atoms with Crippen molar-refractivity contribution in [1.82, 2.24) is 0 Å². The Balaban J connectivity index is 1.71. The van der Waals surface area contributed by atoms with Crippen LogP contribution in [0.1, 0.15) is 27.8 Å². The van der Waals surface area contributed by atoms with Crippen LogP contribution in [0.2, 0.25) is 0 Å². The van der Waals surface area contributed by atoms with E-state index in [1.54, 1.807) is 54.6 Å². The predicted octanol–water partition coefficient (Wildman–Crippen LogP) is 5.48. The number of hydrogen-bond donors (Lipinski definition) is 2. The number of carbonyl (C=O) groups is 2. The molecule has 2 amide bonds. The van der Waals surface area contributed by atoms with E-state index in [4.69, 9.17) is 9.15 Å². The number of hydrogen-bond acceptors (Lipinski definition) is 4. The van der Waals surface area contributed by atoms with Crippen molar-refractivity contribution >= 4 is 34.2 Å². The third-order valence-electron chi connectivity index (χ3n) is 4.59. The Kier molecular flexibility index (Phi) is 5.66. The first-order valence-electron chi connectivity index (χ1n) is 9.69. The maximum atomic E-state index is 14.1. The third kappa shape index (κ3) is 4.11. The molecule has 6 nitrogen and oxygen atoms in total. The van der Waals surface area contributed by atoms with E-state index in [0.717, 1.165) is 0 Å². The summed E-state index contributed by atoms with van der Waals surface area (Å²) >= 11 is 0. The summed E-state index contributed by atoms with van der Waals surface area (Å²) < 4.78 is 25.3. The van der Waals surface area contributed by atoms with Crippen LogP contribution in [-0.4, -0.2) is 18.4 Å². The molecular weight excluding hydrogens is 399 g/mol. The number of rotatable bonds is 6. The Labute approximate surface area is 177 Å². The lowest BCUT2D eigenvalue weighted by Gasteiger charge is -2.11. The van der Waals surface area contributed by atoms with E-state index < -0.39 is 17.6 Å². The van der Waals surface area contributed by atoms with Crippen molar-refractivity contribution in [2.75, 3.05) is 17.2 Å². The number of anilines is 2. The van der Waals surface area contributed by atoms with Gasteiger partial charge in [0.05, 0.1) is 17.9 Å². The number of amides is 2. The van der Waals surface area contributed by atoms with E-state index >= 15 is 0 Å². The van der Waals surface area contributed by atoms with Gasteiger partial charge in [0, 0.05) is 5.39 Å². The van der Waals surface area contributed by atoms with Crippen molar-refractivity contribution < 1.29 is 23.1 Å². The number of carbonyl (C=O) groups excluding carboxylic acids is 2. The van der Waals surface area contributed by atoms with Gasteiger partial charge >= 0.3 is 0 Å². The van der Waals surface area contributed by atoms with Gasteiger partial charge in [-0.25, -0.2) is 4.39 Å². The van der Waals surface area contributed by atoms with Gasteiger partial charge in [-0.15, -0.1) is 0 Å². The Morgan fingerprint density at radius 3 is 2.42 bits per heavy atom. The highest BCUT2D eigenvalue weighted by Gasteiger charge is 2.24. The monoisotopic (exact) mass is 418 g/mol. The van der Waals surface area contributed by atoms with Crippen LogP contribution < -0.4 is 15.4 Å². The quantitative estimate of drug-likeness (QED) is 0.435. The minimum absolute atomic E-state index is 0.0998. The number of nitrogens with one attached hydrogen (secondary N) is 2. The highest BCUT2D eigenvalue weighted by Crippen LogP contribution is 2.33. The first kappa shape index (κ1) is 20.2. The highest BCUT2D eigenvalue weighted by atomic mass is 19.1. The standard InChI is InChI=1S/C24H19FN2O4/c1-2-30-20-14-8-6-12-18(20)26-24(29)22-21(16-10-4-7-13-19(16)31-22)27-23(28)15-9-3-5-11-17(15)25/h3-14H,2H2,1H3,(H,26,29)(H,27,28). The molecule has 0 radical (unpaired) electrons. The van der Waals surface area contributed by atoms with Crippen molar-refractivity contribution in [3.8, 4) is 5.75 Å². The zero-order valence-electron chi connectivity index (χ0n) is 16.6. The van der Waals surface area contributed by atoms with Crippen LogP contribution in [0, 0.1) is 5.82 Å². The fraction of sp³-hybridized carbons (Fsp3) is 0.0833. The second-order valence-electron chi connectivity index (χ2n) is 6.62. The summed E-state index contributed by atoms with van der Waals surface area (Å²) in [6.07, 6.45) is 0. The largest absolute Gasteiger partial charge is 0.492 e. The summed E-state index contributed by atoms with van der Waals surface area (Å²) in [4.78, 5) is 25.8. The molecule has 0 aliphatic rings. The van der Waals surface area contributed by atoms with Crippen molar-refractivity contribution in [3.05, 3.63) is 89.9 Å². The molecule has 0 fully saturated rings. The van der Waals surface area contributed by atoms with Gasteiger partial charge in [-0.2, -0.15) is 0 Å². The molecule has 0 bridgehead atoms. The molecule has 0 saturated heterocycles. The Bertz CT molecular complexity index is 1270. The van der Waals surface area contributed by atoms with Crippen molar-refractivity contribution in [3.63, 3.8) is 0 Å². The normalized spacial score (nSPS) is 10.6. The van der Waals surface area contributed by atoms with Crippen LogP contribution in [-0.2, 0) is 0 Å². The van der Waals surface area contributed by atoms with Gasteiger partial charge in [-0.1, -0.05) is 36.4 Å². The lowest BCUT2D eigenvalue weighted by Crippen LogP contribution is -2.18. The first-order valence-corrected chi connectivity index (χ1v) is 9.69. The smallest absolute Gasteiger partial charge is 0.293 e. The molecule has 3 aromatic carbocycles. The predicted molar refractivity (Wildman–Crippen MR) is 116 cm³/mol. The maximum absolute atomic E-state index is 14.1. The number of halogens is 1. The average Bonchev–Trinajstić information content (AvgIpc) is 3.14. The SMILES string of the molecule is CCOc1ccccc1NC(=O)c1oc2ccccc2c1NC(=O)c1ccccc1F. The van der Waals surface area contributed by atoms with Crippen LogP contribution in [0.4, 0.5) is 15.8 Å². The van der Waals surface area contributed by atoms with Crippen LogP contribution in [0.15, 0.2) is 77.2 Å². The molecule has 4 rings (SSSR count). The van der Waals surface area contributed by atoms with Gasteiger partial charge in [0.2, 0.25) is 5.76 Å². The summed E-state index contributed by atoms with van der Waals surface area (Å²) in [5.41, 5.74) is 0.895. The summed E-state index contributed by atoms with van der Waals surface area (Å²) in [7, 11) is 0. The van der Waals surface area contributed by atoms with Gasteiger partial charge in [-0.05, 0) is 43.3 Å². The third-order valence-corrected chi connectivity index (χ3v) is 4.59. The molecule has 7 heteroatoms. The summed E-state index contributed by atoms with van der Waals surface area (Å²) in [6, 6.07) is 19.5. The van der Waals surface area contributed by atoms with E-state index in [9.17, 15) is 14.0 Å². The van der Waals surface area contributed by atoms with E-state index in [0.29, 0.717) is 29.0 Å². The maximum Gasteiger partial charge on any atom is 0.293 e. The van der Waals surface area contributed by atoms with E-state index in [2.05, 4.69) is 10.6 Å². The molecular formula is C24H19FN2O4. The Hall–Kier alpha value is -4.13. The van der Waals surface area contributed by atoms with Gasteiger partial charge in [-0.3, -0.25) is 9.59 Å². The topological polar surface area (TPSA) is 80.6 Å². The molecule has 2 N–H and O–H groups in total. The summed E-state index contributed by atoms with van der Waals surface area (Å²) in [5, 5.41) is 5.91. The highest BCUT2D eigenvalue weighted by molar-refractivity contribution is 6.17. The molecule has 0 unspecified atom stereocenters. The van der Waals surface area contributed by atoms with Gasteiger partial charge in [0.1, 0.15) is 22.8 Å². The lowest BCUT2D eigenvalue weighted by molar-refractivity contribution is 0.0999. The fourth-order valence-corrected chi connectivity index (χ4v) is 3.19. The van der Waals surface area contributed by atoms with Crippen LogP contribution in [0.3, 0.4) is 0 Å². The fourth-order valence-electron chi connectivity index (χ4n) is 3.19. The number of fused-ring (bicyclic) bond motifs is 1. The minimum Gasteiger partial charge on any atom is -0.492 e. The average molecular weight is 418 g/mol. The zero-order chi connectivity index (χ0) is 21.8. The molecule has 4 aromatic rings. The van der Waals surface area contributed by atoms with Crippen LogP contribution in [0.25, 0.3) is 11.0 Å². The first-order chi connectivity index (χ1) is 15.1.